The normalized spacial score (nSPS) is 23.1. The Balaban J connectivity index is 0.877. The van der Waals surface area contributed by atoms with Gasteiger partial charge in [-0.1, -0.05) is 12.1 Å². The molecule has 2 aromatic rings. The molecule has 1 atom stereocenters. The van der Waals surface area contributed by atoms with E-state index in [1.807, 2.05) is 45.0 Å². The first kappa shape index (κ1) is 38.3. The fourth-order valence-corrected chi connectivity index (χ4v) is 10.9. The second-order valence-electron chi connectivity index (χ2n) is 16.8. The first-order valence-corrected chi connectivity index (χ1v) is 21.0. The lowest BCUT2D eigenvalue weighted by molar-refractivity contribution is -0.136. The van der Waals surface area contributed by atoms with Crippen LogP contribution < -0.4 is 10.2 Å². The minimum atomic E-state index is -3.69. The van der Waals surface area contributed by atoms with Crippen LogP contribution in [0.4, 0.5) is 10.5 Å². The van der Waals surface area contributed by atoms with Crippen LogP contribution >= 0.6 is 0 Å². The molecule has 4 fully saturated rings. The molecule has 2 aromatic carbocycles. The molecule has 0 radical (unpaired) electrons. The van der Waals surface area contributed by atoms with Gasteiger partial charge in [0.25, 0.3) is 5.91 Å². The van der Waals surface area contributed by atoms with Crippen molar-refractivity contribution >= 4 is 39.5 Å². The summed E-state index contributed by atoms with van der Waals surface area (Å²) in [5.41, 5.74) is 3.18. The van der Waals surface area contributed by atoms with Crippen LogP contribution in [0.25, 0.3) is 0 Å². The van der Waals surface area contributed by atoms with E-state index in [9.17, 15) is 32.7 Å². The summed E-state index contributed by atoms with van der Waals surface area (Å²) >= 11 is 0. The monoisotopic (exact) mass is 762 g/mol. The largest absolute Gasteiger partial charge is 0.465 e. The number of amides is 4. The minimum Gasteiger partial charge on any atom is -0.465 e. The fraction of sp³-hybridized carbons (Fsp3) is 0.600. The molecular weight excluding hydrogens is 709 g/mol. The summed E-state index contributed by atoms with van der Waals surface area (Å²) in [6, 6.07) is 12.6. The Morgan fingerprint density at radius 2 is 1.59 bits per heavy atom. The van der Waals surface area contributed by atoms with Gasteiger partial charge in [-0.2, -0.15) is 4.31 Å². The van der Waals surface area contributed by atoms with Crippen molar-refractivity contribution in [1.29, 1.82) is 0 Å². The average molecular weight is 763 g/mol. The highest BCUT2D eigenvalue weighted by Crippen LogP contribution is 2.35. The van der Waals surface area contributed by atoms with Crippen molar-refractivity contribution in [2.24, 2.45) is 5.92 Å². The van der Waals surface area contributed by atoms with Gasteiger partial charge in [-0.05, 0) is 132 Å². The Morgan fingerprint density at radius 3 is 2.24 bits per heavy atom. The molecule has 13 nitrogen and oxygen atoms in total. The van der Waals surface area contributed by atoms with Crippen LogP contribution in [0.1, 0.15) is 99.5 Å². The number of nitrogens with zero attached hydrogens (tertiary/aromatic N) is 5. The Morgan fingerprint density at radius 1 is 0.889 bits per heavy atom. The maximum absolute atomic E-state index is 13.7. The molecule has 4 saturated heterocycles. The molecule has 0 spiro atoms. The number of hydrogen-bond donors (Lipinski definition) is 2. The first-order valence-electron chi connectivity index (χ1n) is 19.6. The fourth-order valence-electron chi connectivity index (χ4n) is 9.35. The lowest BCUT2D eigenvalue weighted by Crippen LogP contribution is -2.55. The van der Waals surface area contributed by atoms with Crippen molar-refractivity contribution in [3.63, 3.8) is 0 Å². The first-order chi connectivity index (χ1) is 25.7. The van der Waals surface area contributed by atoms with Crippen LogP contribution in [0, 0.1) is 5.92 Å². The van der Waals surface area contributed by atoms with Gasteiger partial charge in [0.1, 0.15) is 6.04 Å². The second-order valence-corrected chi connectivity index (χ2v) is 18.7. The predicted molar refractivity (Wildman–Crippen MR) is 204 cm³/mol. The lowest BCUT2D eigenvalue weighted by atomic mass is 9.88. The van der Waals surface area contributed by atoms with Crippen LogP contribution in [-0.4, -0.2) is 120 Å². The van der Waals surface area contributed by atoms with Crippen LogP contribution in [0.3, 0.4) is 0 Å². The van der Waals surface area contributed by atoms with E-state index >= 15 is 0 Å². The molecular formula is C40H54N6O7S. The number of carbonyl (C=O) groups excluding carboxylic acids is 3. The number of sulfonamides is 1. The van der Waals surface area contributed by atoms with Crippen LogP contribution in [0.15, 0.2) is 47.4 Å². The topological polar surface area (TPSA) is 151 Å². The van der Waals surface area contributed by atoms with E-state index in [2.05, 4.69) is 27.2 Å². The molecule has 0 bridgehead atoms. The minimum absolute atomic E-state index is 0.147. The Labute approximate surface area is 318 Å². The average Bonchev–Trinajstić information content (AvgIpc) is 3.46. The number of anilines is 1. The number of imide groups is 1. The highest BCUT2D eigenvalue weighted by atomic mass is 32.2. The third-order valence-electron chi connectivity index (χ3n) is 12.3. The number of likely N-dealkylation sites (tertiary alicyclic amines) is 1. The number of hydrogen-bond acceptors (Lipinski definition) is 8. The van der Waals surface area contributed by atoms with Crippen LogP contribution in [0.5, 0.6) is 0 Å². The Bertz CT molecular complexity index is 1870. The van der Waals surface area contributed by atoms with Crippen LogP contribution in [-0.2, 0) is 26.2 Å². The quantitative estimate of drug-likeness (QED) is 0.372. The molecule has 5 aliphatic heterocycles. The summed E-state index contributed by atoms with van der Waals surface area (Å²) in [5.74, 6) is 0.0750. The number of benzene rings is 2. The molecule has 0 aliphatic carbocycles. The summed E-state index contributed by atoms with van der Waals surface area (Å²) in [4.78, 5) is 57.5. The third-order valence-corrected chi connectivity index (χ3v) is 14.2. The zero-order valence-electron chi connectivity index (χ0n) is 31.7. The van der Waals surface area contributed by atoms with E-state index in [4.69, 9.17) is 0 Å². The van der Waals surface area contributed by atoms with Crippen molar-refractivity contribution in [3.8, 4) is 0 Å². The standard InChI is InChI=1S/C40H54N6O7S/c1-40(2,3)46(39(50)51)31-15-21-44(22-16-31)54(52,53)33-6-4-5-29(24-33)28-13-17-42(18-14-28)25-27-11-19-43(20-12-27)32-7-8-34-30(23-32)26-45(38(34)49)35-9-10-36(47)41-37(35)48/h4-8,23-24,27-28,31,35H,9-22,25-26H2,1-3H3,(H,50,51)(H,41,47,48). The Kier molecular flexibility index (Phi) is 10.8. The number of piperidine rings is 4. The molecule has 14 heteroatoms. The highest BCUT2D eigenvalue weighted by Gasteiger charge is 2.40. The van der Waals surface area contributed by atoms with Gasteiger partial charge in [0, 0.05) is 68.5 Å². The Hall–Kier alpha value is -4.01. The number of carbonyl (C=O) groups is 4. The van der Waals surface area contributed by atoms with Crippen molar-refractivity contribution in [2.45, 2.75) is 107 Å². The number of rotatable bonds is 8. The number of fused-ring (bicyclic) bond motifs is 1. The summed E-state index contributed by atoms with van der Waals surface area (Å²) in [7, 11) is -3.69. The SMILES string of the molecule is CC(C)(C)N(C(=O)O)C1CCN(S(=O)(=O)c2cccc(C3CCN(CC4CCN(c5ccc6c(c5)CN(C5CCC(=O)NC5=O)C6=O)CC4)CC3)c2)CC1. The molecule has 54 heavy (non-hydrogen) atoms. The molecule has 1 unspecified atom stereocenters. The molecule has 5 heterocycles. The van der Waals surface area contributed by atoms with Gasteiger partial charge in [-0.15, -0.1) is 0 Å². The van der Waals surface area contributed by atoms with E-state index in [-0.39, 0.29) is 24.3 Å². The number of nitrogens with one attached hydrogen (secondary N) is 1. The summed E-state index contributed by atoms with van der Waals surface area (Å²) in [6.45, 7) is 11.5. The van der Waals surface area contributed by atoms with Gasteiger partial charge in [0.2, 0.25) is 21.8 Å². The van der Waals surface area contributed by atoms with Gasteiger partial charge < -0.3 is 24.7 Å². The smallest absolute Gasteiger partial charge is 0.407 e. The van der Waals surface area contributed by atoms with Gasteiger partial charge in [0.05, 0.1) is 4.90 Å². The third kappa shape index (κ3) is 7.88. The van der Waals surface area contributed by atoms with Crippen molar-refractivity contribution in [1.82, 2.24) is 24.3 Å². The maximum atomic E-state index is 13.7. The highest BCUT2D eigenvalue weighted by molar-refractivity contribution is 7.89. The molecule has 5 aliphatic rings. The maximum Gasteiger partial charge on any atom is 0.407 e. The zero-order chi connectivity index (χ0) is 38.4. The van der Waals surface area contributed by atoms with E-state index in [0.717, 1.165) is 75.2 Å². The molecule has 292 valence electrons. The van der Waals surface area contributed by atoms with E-state index in [0.29, 0.717) is 61.2 Å². The van der Waals surface area contributed by atoms with E-state index in [1.165, 1.54) is 9.21 Å². The predicted octanol–water partition coefficient (Wildman–Crippen LogP) is 4.48. The molecule has 2 N–H and O–H groups in total. The van der Waals surface area contributed by atoms with Crippen molar-refractivity contribution in [2.75, 3.05) is 50.7 Å². The van der Waals surface area contributed by atoms with E-state index < -0.39 is 33.6 Å². The van der Waals surface area contributed by atoms with Gasteiger partial charge >= 0.3 is 6.09 Å². The van der Waals surface area contributed by atoms with E-state index in [1.54, 1.807) is 11.0 Å². The van der Waals surface area contributed by atoms with Gasteiger partial charge in [0.15, 0.2) is 0 Å². The van der Waals surface area contributed by atoms with Crippen LogP contribution in [0.2, 0.25) is 0 Å². The van der Waals surface area contributed by atoms with Crippen molar-refractivity contribution in [3.05, 3.63) is 59.2 Å². The molecule has 0 aromatic heterocycles. The summed E-state index contributed by atoms with van der Waals surface area (Å²) in [6.07, 6.45) is 4.71. The molecule has 4 amide bonds. The van der Waals surface area contributed by atoms with Crippen molar-refractivity contribution < 1.29 is 32.7 Å². The van der Waals surface area contributed by atoms with Gasteiger partial charge in [-0.25, -0.2) is 13.2 Å². The molecule has 0 saturated carbocycles. The lowest BCUT2D eigenvalue weighted by Gasteiger charge is -2.43. The second kappa shape index (κ2) is 15.3. The number of carboxylic acid groups (broad SMARTS) is 1. The molecule has 7 rings (SSSR count). The summed E-state index contributed by atoms with van der Waals surface area (Å²) < 4.78 is 29.0. The zero-order valence-corrected chi connectivity index (χ0v) is 32.5. The van der Waals surface area contributed by atoms with Gasteiger partial charge in [-0.3, -0.25) is 19.7 Å². The summed E-state index contributed by atoms with van der Waals surface area (Å²) in [5, 5.41) is 12.2.